The highest BCUT2D eigenvalue weighted by Crippen LogP contribution is 2.35. The Labute approximate surface area is 199 Å². The third-order valence-electron chi connectivity index (χ3n) is 5.22. The molecule has 2 heterocycles. The third-order valence-corrected chi connectivity index (χ3v) is 9.62. The van der Waals surface area contributed by atoms with Crippen LogP contribution in [0.2, 0.25) is 15.1 Å². The highest BCUT2D eigenvalue weighted by Gasteiger charge is 2.33. The second-order valence-electron chi connectivity index (χ2n) is 7.36. The van der Waals surface area contributed by atoms with Crippen LogP contribution in [0.5, 0.6) is 0 Å². The van der Waals surface area contributed by atoms with Gasteiger partial charge in [-0.05, 0) is 48.7 Å². The quantitative estimate of drug-likeness (QED) is 0.398. The van der Waals surface area contributed by atoms with Crippen LogP contribution >= 0.6 is 46.1 Å². The number of thiazole rings is 1. The van der Waals surface area contributed by atoms with Gasteiger partial charge in [0.1, 0.15) is 5.82 Å². The van der Waals surface area contributed by atoms with Crippen molar-refractivity contribution in [2.45, 2.75) is 29.4 Å². The lowest BCUT2D eigenvalue weighted by Gasteiger charge is -2.31. The molecule has 0 aliphatic carbocycles. The van der Waals surface area contributed by atoms with E-state index in [0.29, 0.717) is 37.4 Å². The van der Waals surface area contributed by atoms with Gasteiger partial charge in [0.2, 0.25) is 0 Å². The zero-order chi connectivity index (χ0) is 22.2. The van der Waals surface area contributed by atoms with Crippen LogP contribution in [0.25, 0.3) is 0 Å². The molecule has 1 fully saturated rings. The number of anilines is 1. The lowest BCUT2D eigenvalue weighted by molar-refractivity contribution is 0.529. The van der Waals surface area contributed by atoms with Gasteiger partial charge in [0.15, 0.2) is 15.0 Å². The van der Waals surface area contributed by atoms with Crippen molar-refractivity contribution in [3.8, 4) is 0 Å². The van der Waals surface area contributed by atoms with Crippen molar-refractivity contribution >= 4 is 61.1 Å². The minimum atomic E-state index is -3.57. The summed E-state index contributed by atoms with van der Waals surface area (Å²) in [7, 11) is -3.57. The third kappa shape index (κ3) is 5.01. The van der Waals surface area contributed by atoms with Crippen molar-refractivity contribution in [1.82, 2.24) is 4.98 Å². The van der Waals surface area contributed by atoms with Crippen molar-refractivity contribution in [3.05, 3.63) is 73.9 Å². The first-order chi connectivity index (χ1) is 14.7. The standard InChI is InChI=1S/C21H18Cl3FN2O2S2/c22-14-8-13(9-15(25)11-14)10-16-12-30-21(26-16)27-6-4-17(5-7-27)31(28,29)19-3-1-2-18(23)20(19)24/h1-3,8-9,11-12,17H,4-7,10H2. The second kappa shape index (κ2) is 9.24. The molecule has 1 saturated heterocycles. The summed E-state index contributed by atoms with van der Waals surface area (Å²) < 4.78 is 39.7. The molecule has 1 aromatic heterocycles. The number of aromatic nitrogens is 1. The van der Waals surface area contributed by atoms with E-state index in [9.17, 15) is 12.8 Å². The molecular weight excluding hydrogens is 502 g/mol. The average Bonchev–Trinajstić information content (AvgIpc) is 3.17. The van der Waals surface area contributed by atoms with E-state index in [2.05, 4.69) is 9.88 Å². The number of hydrogen-bond donors (Lipinski definition) is 0. The Morgan fingerprint density at radius 1 is 1.13 bits per heavy atom. The molecule has 1 aliphatic heterocycles. The Morgan fingerprint density at radius 2 is 1.87 bits per heavy atom. The van der Waals surface area contributed by atoms with E-state index in [-0.39, 0.29) is 20.8 Å². The monoisotopic (exact) mass is 518 g/mol. The Balaban J connectivity index is 1.43. The van der Waals surface area contributed by atoms with Gasteiger partial charge in [0.25, 0.3) is 0 Å². The summed E-state index contributed by atoms with van der Waals surface area (Å²) in [6.07, 6.45) is 1.42. The van der Waals surface area contributed by atoms with E-state index >= 15 is 0 Å². The first-order valence-corrected chi connectivity index (χ1v) is 13.1. The van der Waals surface area contributed by atoms with Gasteiger partial charge >= 0.3 is 0 Å². The summed E-state index contributed by atoms with van der Waals surface area (Å²) in [5, 5.41) is 2.91. The molecule has 0 spiro atoms. The van der Waals surface area contributed by atoms with Gasteiger partial charge in [0.05, 0.1) is 25.9 Å². The fraction of sp³-hybridized carbons (Fsp3) is 0.286. The maximum atomic E-state index is 13.6. The van der Waals surface area contributed by atoms with Crippen molar-refractivity contribution in [1.29, 1.82) is 0 Å². The fourth-order valence-corrected chi connectivity index (χ4v) is 7.31. The molecule has 0 atom stereocenters. The van der Waals surface area contributed by atoms with E-state index in [1.807, 2.05) is 5.38 Å². The molecule has 31 heavy (non-hydrogen) atoms. The maximum Gasteiger partial charge on any atom is 0.185 e. The number of benzene rings is 2. The average molecular weight is 520 g/mol. The minimum Gasteiger partial charge on any atom is -0.348 e. The first kappa shape index (κ1) is 22.8. The fourth-order valence-electron chi connectivity index (χ4n) is 3.69. The van der Waals surface area contributed by atoms with Crippen molar-refractivity contribution in [2.75, 3.05) is 18.0 Å². The van der Waals surface area contributed by atoms with E-state index in [4.69, 9.17) is 34.8 Å². The van der Waals surface area contributed by atoms with Crippen LogP contribution in [0.15, 0.2) is 46.7 Å². The zero-order valence-corrected chi connectivity index (χ0v) is 20.1. The summed E-state index contributed by atoms with van der Waals surface area (Å²) in [5.41, 5.74) is 1.58. The van der Waals surface area contributed by atoms with Crippen LogP contribution in [0, 0.1) is 5.82 Å². The van der Waals surface area contributed by atoms with Gasteiger partial charge < -0.3 is 4.90 Å². The number of hydrogen-bond acceptors (Lipinski definition) is 5. The van der Waals surface area contributed by atoms with Crippen LogP contribution in [0.3, 0.4) is 0 Å². The molecule has 4 nitrogen and oxygen atoms in total. The predicted molar refractivity (Wildman–Crippen MR) is 125 cm³/mol. The molecule has 2 aromatic carbocycles. The Hall–Kier alpha value is -1.38. The number of rotatable bonds is 5. The lowest BCUT2D eigenvalue weighted by atomic mass is 10.1. The largest absolute Gasteiger partial charge is 0.348 e. The van der Waals surface area contributed by atoms with Crippen molar-refractivity contribution in [3.63, 3.8) is 0 Å². The summed E-state index contributed by atoms with van der Waals surface area (Å²) in [4.78, 5) is 6.82. The zero-order valence-electron chi connectivity index (χ0n) is 16.2. The molecule has 0 N–H and O–H groups in total. The Bertz CT molecular complexity index is 1190. The topological polar surface area (TPSA) is 50.3 Å². The first-order valence-electron chi connectivity index (χ1n) is 9.56. The van der Waals surface area contributed by atoms with E-state index in [0.717, 1.165) is 16.4 Å². The lowest BCUT2D eigenvalue weighted by Crippen LogP contribution is -2.39. The highest BCUT2D eigenvalue weighted by molar-refractivity contribution is 7.92. The summed E-state index contributed by atoms with van der Waals surface area (Å²) in [6, 6.07) is 9.11. The molecule has 0 saturated carbocycles. The molecular formula is C21H18Cl3FN2O2S2. The number of piperidine rings is 1. The Kier molecular flexibility index (Phi) is 6.79. The van der Waals surface area contributed by atoms with Gasteiger partial charge in [-0.25, -0.2) is 17.8 Å². The van der Waals surface area contributed by atoms with Crippen LogP contribution in [-0.2, 0) is 16.3 Å². The molecule has 164 valence electrons. The van der Waals surface area contributed by atoms with Crippen molar-refractivity contribution in [2.24, 2.45) is 0 Å². The smallest absolute Gasteiger partial charge is 0.185 e. The molecule has 0 unspecified atom stereocenters. The van der Waals surface area contributed by atoms with E-state index < -0.39 is 15.1 Å². The van der Waals surface area contributed by atoms with Gasteiger partial charge in [-0.15, -0.1) is 11.3 Å². The number of sulfone groups is 1. The number of nitrogens with zero attached hydrogens (tertiary/aromatic N) is 2. The molecule has 10 heteroatoms. The molecule has 1 aliphatic rings. The SMILES string of the molecule is O=S(=O)(c1cccc(Cl)c1Cl)C1CCN(c2nc(Cc3cc(F)cc(Cl)c3)cs2)CC1. The molecule has 0 amide bonds. The minimum absolute atomic E-state index is 0.0774. The van der Waals surface area contributed by atoms with Gasteiger partial charge in [-0.1, -0.05) is 40.9 Å². The summed E-state index contributed by atoms with van der Waals surface area (Å²) in [5.74, 6) is -0.374. The highest BCUT2D eigenvalue weighted by atomic mass is 35.5. The van der Waals surface area contributed by atoms with Gasteiger partial charge in [-0.3, -0.25) is 0 Å². The van der Waals surface area contributed by atoms with Crippen molar-refractivity contribution < 1.29 is 12.8 Å². The Morgan fingerprint density at radius 3 is 2.58 bits per heavy atom. The van der Waals surface area contributed by atoms with E-state index in [1.54, 1.807) is 18.2 Å². The van der Waals surface area contributed by atoms with Gasteiger partial charge in [-0.2, -0.15) is 0 Å². The van der Waals surface area contributed by atoms with Crippen LogP contribution < -0.4 is 4.90 Å². The maximum absolute atomic E-state index is 13.6. The molecule has 3 aromatic rings. The number of halogens is 4. The van der Waals surface area contributed by atoms with Gasteiger partial charge in [0, 0.05) is 29.9 Å². The van der Waals surface area contributed by atoms with E-state index in [1.165, 1.54) is 29.5 Å². The van der Waals surface area contributed by atoms with Crippen LogP contribution in [-0.4, -0.2) is 31.7 Å². The second-order valence-corrected chi connectivity index (χ2v) is 11.6. The predicted octanol–water partition coefficient (Wildman–Crippen LogP) is 6.28. The molecule has 0 bridgehead atoms. The summed E-state index contributed by atoms with van der Waals surface area (Å²) >= 11 is 19.6. The van der Waals surface area contributed by atoms with Crippen LogP contribution in [0.4, 0.5) is 9.52 Å². The molecule has 0 radical (unpaired) electrons. The normalized spacial score (nSPS) is 15.4. The van der Waals surface area contributed by atoms with Crippen LogP contribution in [0.1, 0.15) is 24.1 Å². The summed E-state index contributed by atoms with van der Waals surface area (Å²) in [6.45, 7) is 1.14. The molecule has 4 rings (SSSR count).